The summed E-state index contributed by atoms with van der Waals surface area (Å²) < 4.78 is 23.1. The van der Waals surface area contributed by atoms with E-state index in [9.17, 15) is 18.3 Å². The van der Waals surface area contributed by atoms with Gasteiger partial charge in [-0.05, 0) is 19.1 Å². The molecule has 2 aromatic rings. The van der Waals surface area contributed by atoms with Crippen LogP contribution < -0.4 is 5.32 Å². The first-order chi connectivity index (χ1) is 9.29. The van der Waals surface area contributed by atoms with Gasteiger partial charge in [-0.3, -0.25) is 10.1 Å². The molecule has 0 aliphatic rings. The standard InChI is InChI=1S/C12H12N2O4S2/c1-7-11(20(2,17)18)19-12(13-7)14-10(16)8-5-3-4-6-9(8)15/h3-6,15H,1-2H3,(H,13,14,16). The van der Waals surface area contributed by atoms with Gasteiger partial charge in [-0.15, -0.1) is 0 Å². The molecule has 20 heavy (non-hydrogen) atoms. The van der Waals surface area contributed by atoms with Gasteiger partial charge >= 0.3 is 0 Å². The van der Waals surface area contributed by atoms with Crippen LogP contribution in [-0.4, -0.2) is 30.7 Å². The number of hydrogen-bond acceptors (Lipinski definition) is 6. The summed E-state index contributed by atoms with van der Waals surface area (Å²) >= 11 is 0.883. The van der Waals surface area contributed by atoms with Crippen LogP contribution in [0.1, 0.15) is 16.1 Å². The first kappa shape index (κ1) is 14.5. The first-order valence-electron chi connectivity index (χ1n) is 5.56. The van der Waals surface area contributed by atoms with Gasteiger partial charge in [0, 0.05) is 6.26 Å². The van der Waals surface area contributed by atoms with E-state index in [4.69, 9.17) is 0 Å². The van der Waals surface area contributed by atoms with Crippen LogP contribution in [0.5, 0.6) is 5.75 Å². The minimum atomic E-state index is -3.37. The van der Waals surface area contributed by atoms with Crippen LogP contribution in [0, 0.1) is 6.92 Å². The van der Waals surface area contributed by atoms with Crippen LogP contribution in [0.2, 0.25) is 0 Å². The Balaban J connectivity index is 2.28. The maximum Gasteiger partial charge on any atom is 0.261 e. The molecule has 2 rings (SSSR count). The lowest BCUT2D eigenvalue weighted by molar-refractivity contribution is 0.102. The SMILES string of the molecule is Cc1nc(NC(=O)c2ccccc2O)sc1S(C)(=O)=O. The molecule has 1 aromatic carbocycles. The van der Waals surface area contributed by atoms with Gasteiger partial charge < -0.3 is 5.11 Å². The highest BCUT2D eigenvalue weighted by Crippen LogP contribution is 2.27. The summed E-state index contributed by atoms with van der Waals surface area (Å²) in [7, 11) is -3.37. The van der Waals surface area contributed by atoms with Gasteiger partial charge in [0.1, 0.15) is 9.96 Å². The minimum absolute atomic E-state index is 0.0984. The van der Waals surface area contributed by atoms with Crippen molar-refractivity contribution in [2.45, 2.75) is 11.1 Å². The van der Waals surface area contributed by atoms with E-state index in [0.29, 0.717) is 5.69 Å². The zero-order valence-corrected chi connectivity index (χ0v) is 12.4. The lowest BCUT2D eigenvalue weighted by Crippen LogP contribution is -2.11. The lowest BCUT2D eigenvalue weighted by atomic mass is 10.2. The summed E-state index contributed by atoms with van der Waals surface area (Å²) in [4.78, 5) is 15.9. The summed E-state index contributed by atoms with van der Waals surface area (Å²) in [5.41, 5.74) is 0.436. The highest BCUT2D eigenvalue weighted by molar-refractivity contribution is 7.92. The maximum atomic E-state index is 12.0. The third kappa shape index (κ3) is 2.97. The number of anilines is 1. The lowest BCUT2D eigenvalue weighted by Gasteiger charge is -2.03. The number of phenols is 1. The molecule has 1 heterocycles. The molecule has 0 unspecified atom stereocenters. The molecular weight excluding hydrogens is 300 g/mol. The number of hydrogen-bond donors (Lipinski definition) is 2. The Morgan fingerprint density at radius 3 is 2.55 bits per heavy atom. The molecule has 0 bridgehead atoms. The molecule has 106 valence electrons. The van der Waals surface area contributed by atoms with Crippen molar-refractivity contribution in [1.82, 2.24) is 4.98 Å². The van der Waals surface area contributed by atoms with Crippen molar-refractivity contribution in [2.75, 3.05) is 11.6 Å². The Labute approximate surface area is 120 Å². The molecule has 0 fully saturated rings. The van der Waals surface area contributed by atoms with Crippen LogP contribution in [0.25, 0.3) is 0 Å². The largest absolute Gasteiger partial charge is 0.507 e. The molecule has 8 heteroatoms. The highest BCUT2D eigenvalue weighted by Gasteiger charge is 2.19. The predicted molar refractivity (Wildman–Crippen MR) is 76.0 cm³/mol. The molecule has 0 aliphatic heterocycles. The Morgan fingerprint density at radius 2 is 2.00 bits per heavy atom. The average Bonchev–Trinajstić information content (AvgIpc) is 2.70. The Morgan fingerprint density at radius 1 is 1.35 bits per heavy atom. The number of aryl methyl sites for hydroxylation is 1. The Kier molecular flexibility index (Phi) is 3.78. The topological polar surface area (TPSA) is 96.4 Å². The van der Waals surface area contributed by atoms with Gasteiger partial charge in [0.2, 0.25) is 0 Å². The first-order valence-corrected chi connectivity index (χ1v) is 8.26. The van der Waals surface area contributed by atoms with Crippen molar-refractivity contribution in [3.63, 3.8) is 0 Å². The summed E-state index contributed by atoms with van der Waals surface area (Å²) in [5.74, 6) is -0.696. The van der Waals surface area contributed by atoms with Gasteiger partial charge in [0.05, 0.1) is 11.3 Å². The Hall–Kier alpha value is -1.93. The van der Waals surface area contributed by atoms with Crippen molar-refractivity contribution in [3.8, 4) is 5.75 Å². The Bertz CT molecular complexity index is 766. The number of phenolic OH excluding ortho intramolecular Hbond substituents is 1. The van der Waals surface area contributed by atoms with E-state index in [1.807, 2.05) is 0 Å². The van der Waals surface area contributed by atoms with Gasteiger partial charge in [0.25, 0.3) is 5.91 Å². The van der Waals surface area contributed by atoms with Crippen LogP contribution >= 0.6 is 11.3 Å². The molecule has 0 aliphatic carbocycles. The van der Waals surface area contributed by atoms with Crippen LogP contribution in [0.3, 0.4) is 0 Å². The number of aromatic nitrogens is 1. The number of carbonyl (C=O) groups excluding carboxylic acids is 1. The second kappa shape index (κ2) is 5.22. The molecule has 1 aromatic heterocycles. The van der Waals surface area contributed by atoms with Crippen LogP contribution in [-0.2, 0) is 9.84 Å². The van der Waals surface area contributed by atoms with Gasteiger partial charge in [-0.2, -0.15) is 0 Å². The van der Waals surface area contributed by atoms with Crippen molar-refractivity contribution in [3.05, 3.63) is 35.5 Å². The number of para-hydroxylation sites is 1. The number of rotatable bonds is 3. The van der Waals surface area contributed by atoms with Gasteiger partial charge in [-0.1, -0.05) is 23.5 Å². The second-order valence-corrected chi connectivity index (χ2v) is 7.35. The van der Waals surface area contributed by atoms with Crippen molar-refractivity contribution < 1.29 is 18.3 Å². The third-order valence-corrected chi connectivity index (χ3v) is 5.45. The molecule has 2 N–H and O–H groups in total. The summed E-state index contributed by atoms with van der Waals surface area (Å²) in [6.45, 7) is 1.56. The van der Waals surface area contributed by atoms with E-state index in [0.717, 1.165) is 17.6 Å². The van der Waals surface area contributed by atoms with Crippen molar-refractivity contribution in [1.29, 1.82) is 0 Å². The highest BCUT2D eigenvalue weighted by atomic mass is 32.2. The number of nitrogens with zero attached hydrogens (tertiary/aromatic N) is 1. The van der Waals surface area contributed by atoms with E-state index in [2.05, 4.69) is 10.3 Å². The number of sulfone groups is 1. The van der Waals surface area contributed by atoms with E-state index in [1.54, 1.807) is 19.1 Å². The molecule has 0 spiro atoms. The number of benzene rings is 1. The number of carbonyl (C=O) groups is 1. The quantitative estimate of drug-likeness (QED) is 0.901. The van der Waals surface area contributed by atoms with E-state index in [1.165, 1.54) is 12.1 Å². The van der Waals surface area contributed by atoms with E-state index < -0.39 is 15.7 Å². The summed E-state index contributed by atoms with van der Waals surface area (Å²) in [6, 6.07) is 6.07. The maximum absolute atomic E-state index is 12.0. The van der Waals surface area contributed by atoms with Crippen LogP contribution in [0.4, 0.5) is 5.13 Å². The van der Waals surface area contributed by atoms with E-state index in [-0.39, 0.29) is 20.7 Å². The molecule has 0 saturated heterocycles. The zero-order chi connectivity index (χ0) is 14.9. The minimum Gasteiger partial charge on any atom is -0.507 e. The van der Waals surface area contributed by atoms with E-state index >= 15 is 0 Å². The smallest absolute Gasteiger partial charge is 0.261 e. The van der Waals surface area contributed by atoms with Crippen molar-refractivity contribution >= 4 is 32.2 Å². The van der Waals surface area contributed by atoms with Crippen molar-refractivity contribution in [2.24, 2.45) is 0 Å². The predicted octanol–water partition coefficient (Wildman–Crippen LogP) is 1.81. The number of thiazole rings is 1. The fourth-order valence-corrected chi connectivity index (χ4v) is 3.73. The molecule has 0 saturated carbocycles. The van der Waals surface area contributed by atoms with Crippen LogP contribution in [0.15, 0.2) is 28.5 Å². The third-order valence-electron chi connectivity index (χ3n) is 2.46. The fourth-order valence-electron chi connectivity index (χ4n) is 1.61. The summed E-state index contributed by atoms with van der Waals surface area (Å²) in [6.07, 6.45) is 1.09. The molecule has 0 atom stereocenters. The normalized spacial score (nSPS) is 11.3. The molecular formula is C12H12N2O4S2. The van der Waals surface area contributed by atoms with Gasteiger partial charge in [0.15, 0.2) is 15.0 Å². The number of nitrogens with one attached hydrogen (secondary N) is 1. The number of amides is 1. The summed E-state index contributed by atoms with van der Waals surface area (Å²) in [5, 5.41) is 12.2. The van der Waals surface area contributed by atoms with Gasteiger partial charge in [-0.25, -0.2) is 13.4 Å². The fraction of sp³-hybridized carbons (Fsp3) is 0.167. The molecule has 6 nitrogen and oxygen atoms in total. The zero-order valence-electron chi connectivity index (χ0n) is 10.7. The second-order valence-electron chi connectivity index (χ2n) is 4.14. The molecule has 0 radical (unpaired) electrons. The monoisotopic (exact) mass is 312 g/mol. The molecule has 1 amide bonds. The number of aromatic hydroxyl groups is 1. The average molecular weight is 312 g/mol.